The van der Waals surface area contributed by atoms with Crippen molar-refractivity contribution in [3.63, 3.8) is 0 Å². The SMILES string of the molecule is CCNC(=NCCc1ccc(C)nc1)N1CCC(OCC2CCCCO2)CC1.I. The van der Waals surface area contributed by atoms with E-state index in [-0.39, 0.29) is 24.0 Å². The van der Waals surface area contributed by atoms with Crippen molar-refractivity contribution < 1.29 is 9.47 Å². The lowest BCUT2D eigenvalue weighted by atomic mass is 10.1. The molecule has 0 aliphatic carbocycles. The number of guanidine groups is 1. The largest absolute Gasteiger partial charge is 0.376 e. The Hall–Kier alpha value is -0.930. The van der Waals surface area contributed by atoms with Crippen LogP contribution in [0.1, 0.15) is 50.3 Å². The molecule has 2 aliphatic rings. The second-order valence-corrected chi connectivity index (χ2v) is 7.80. The van der Waals surface area contributed by atoms with E-state index < -0.39 is 0 Å². The van der Waals surface area contributed by atoms with Crippen molar-refractivity contribution in [2.45, 2.75) is 64.6 Å². The van der Waals surface area contributed by atoms with Crippen LogP contribution in [0.5, 0.6) is 0 Å². The molecule has 6 nitrogen and oxygen atoms in total. The number of aromatic nitrogens is 1. The molecule has 0 amide bonds. The maximum Gasteiger partial charge on any atom is 0.193 e. The molecule has 7 heteroatoms. The van der Waals surface area contributed by atoms with E-state index in [2.05, 4.69) is 34.3 Å². The quantitative estimate of drug-likeness (QED) is 0.341. The topological polar surface area (TPSA) is 59.0 Å². The summed E-state index contributed by atoms with van der Waals surface area (Å²) in [6.07, 6.45) is 9.25. The molecule has 164 valence electrons. The zero-order chi connectivity index (χ0) is 19.6. The molecule has 1 aromatic heterocycles. The van der Waals surface area contributed by atoms with Gasteiger partial charge in [0.25, 0.3) is 0 Å². The van der Waals surface area contributed by atoms with Gasteiger partial charge < -0.3 is 19.7 Å². The average Bonchev–Trinajstić information content (AvgIpc) is 2.74. The zero-order valence-electron chi connectivity index (χ0n) is 17.9. The van der Waals surface area contributed by atoms with Gasteiger partial charge >= 0.3 is 0 Å². The van der Waals surface area contributed by atoms with Crippen molar-refractivity contribution in [1.82, 2.24) is 15.2 Å². The number of halogens is 1. The molecule has 2 saturated heterocycles. The first-order chi connectivity index (χ1) is 13.7. The number of piperidine rings is 1. The number of aliphatic imine (C=N–C) groups is 1. The summed E-state index contributed by atoms with van der Waals surface area (Å²) in [5, 5.41) is 3.45. The molecule has 2 aliphatic heterocycles. The van der Waals surface area contributed by atoms with Gasteiger partial charge in [0, 0.05) is 44.7 Å². The van der Waals surface area contributed by atoms with E-state index in [0.29, 0.717) is 12.2 Å². The molecule has 3 rings (SSSR count). The number of pyridine rings is 1. The van der Waals surface area contributed by atoms with Gasteiger partial charge in [0.1, 0.15) is 0 Å². The molecule has 1 N–H and O–H groups in total. The molecule has 0 bridgehead atoms. The van der Waals surface area contributed by atoms with Gasteiger partial charge in [0.2, 0.25) is 0 Å². The fraction of sp³-hybridized carbons (Fsp3) is 0.727. The lowest BCUT2D eigenvalue weighted by Gasteiger charge is -2.35. The van der Waals surface area contributed by atoms with E-state index >= 15 is 0 Å². The van der Waals surface area contributed by atoms with E-state index in [1.54, 1.807) is 0 Å². The number of likely N-dealkylation sites (tertiary alicyclic amines) is 1. The lowest BCUT2D eigenvalue weighted by molar-refractivity contribution is -0.0721. The standard InChI is InChI=1S/C22H36N4O2.HI/c1-3-23-22(24-12-9-19-8-7-18(2)25-16-19)26-13-10-20(11-14-26)28-17-21-6-4-5-15-27-21;/h7-8,16,20-21H,3-6,9-15,17H2,1-2H3,(H,23,24);1H. The first-order valence-corrected chi connectivity index (χ1v) is 10.9. The Kier molecular flexibility index (Phi) is 11.2. The number of nitrogens with zero attached hydrogens (tertiary/aromatic N) is 3. The van der Waals surface area contributed by atoms with Crippen molar-refractivity contribution in [2.24, 2.45) is 4.99 Å². The second-order valence-electron chi connectivity index (χ2n) is 7.80. The van der Waals surface area contributed by atoms with Crippen LogP contribution in [0.3, 0.4) is 0 Å². The molecule has 0 radical (unpaired) electrons. The van der Waals surface area contributed by atoms with E-state index in [9.17, 15) is 0 Å². The van der Waals surface area contributed by atoms with Gasteiger partial charge in [0.15, 0.2) is 5.96 Å². The molecule has 29 heavy (non-hydrogen) atoms. The molecule has 2 fully saturated rings. The highest BCUT2D eigenvalue weighted by Gasteiger charge is 2.23. The maximum atomic E-state index is 6.14. The van der Waals surface area contributed by atoms with Crippen LogP contribution >= 0.6 is 24.0 Å². The van der Waals surface area contributed by atoms with Crippen molar-refractivity contribution in [2.75, 3.05) is 39.4 Å². The Bertz CT molecular complexity index is 597. The summed E-state index contributed by atoms with van der Waals surface area (Å²) in [7, 11) is 0. The molecule has 3 heterocycles. The Morgan fingerprint density at radius 2 is 2.10 bits per heavy atom. The van der Waals surface area contributed by atoms with Crippen molar-refractivity contribution >= 4 is 29.9 Å². The van der Waals surface area contributed by atoms with E-state index in [0.717, 1.165) is 76.7 Å². The number of rotatable bonds is 7. The Balaban J connectivity index is 0.00000300. The van der Waals surface area contributed by atoms with Gasteiger partial charge in [-0.1, -0.05) is 6.07 Å². The summed E-state index contributed by atoms with van der Waals surface area (Å²) in [5.74, 6) is 1.02. The fourth-order valence-corrected chi connectivity index (χ4v) is 3.78. The van der Waals surface area contributed by atoms with Crippen LogP contribution in [0.15, 0.2) is 23.3 Å². The van der Waals surface area contributed by atoms with E-state index in [1.165, 1.54) is 18.4 Å². The van der Waals surface area contributed by atoms with Crippen LogP contribution in [-0.4, -0.2) is 67.4 Å². The third-order valence-electron chi connectivity index (χ3n) is 5.50. The fourth-order valence-electron chi connectivity index (χ4n) is 3.78. The molecule has 1 atom stereocenters. The summed E-state index contributed by atoms with van der Waals surface area (Å²) in [6.45, 7) is 9.45. The summed E-state index contributed by atoms with van der Waals surface area (Å²) >= 11 is 0. The normalized spacial score (nSPS) is 21.0. The molecule has 0 aromatic carbocycles. The lowest BCUT2D eigenvalue weighted by Crippen LogP contribution is -2.47. The Morgan fingerprint density at radius 3 is 2.76 bits per heavy atom. The minimum atomic E-state index is 0. The van der Waals surface area contributed by atoms with Gasteiger partial charge in [-0.25, -0.2) is 0 Å². The van der Waals surface area contributed by atoms with E-state index in [4.69, 9.17) is 14.5 Å². The number of nitrogens with one attached hydrogen (secondary N) is 1. The van der Waals surface area contributed by atoms with Crippen molar-refractivity contribution in [1.29, 1.82) is 0 Å². The van der Waals surface area contributed by atoms with Crippen LogP contribution in [0, 0.1) is 6.92 Å². The minimum Gasteiger partial charge on any atom is -0.376 e. The molecular weight excluding hydrogens is 479 g/mol. The molecule has 1 unspecified atom stereocenters. The van der Waals surface area contributed by atoms with Crippen LogP contribution in [0.25, 0.3) is 0 Å². The highest BCUT2D eigenvalue weighted by molar-refractivity contribution is 14.0. The smallest absolute Gasteiger partial charge is 0.193 e. The molecule has 0 spiro atoms. The van der Waals surface area contributed by atoms with Gasteiger partial charge in [-0.2, -0.15) is 0 Å². The highest BCUT2D eigenvalue weighted by atomic mass is 127. The third kappa shape index (κ3) is 8.38. The number of hydrogen-bond donors (Lipinski definition) is 1. The summed E-state index contributed by atoms with van der Waals surface area (Å²) < 4.78 is 11.9. The van der Waals surface area contributed by atoms with Gasteiger partial charge in [0.05, 0.1) is 18.8 Å². The molecule has 1 aromatic rings. The first kappa shape index (κ1) is 24.3. The molecule has 0 saturated carbocycles. The molecular formula is C22H37IN4O2. The van der Waals surface area contributed by atoms with Crippen LogP contribution in [-0.2, 0) is 15.9 Å². The summed E-state index contributed by atoms with van der Waals surface area (Å²) in [5.41, 5.74) is 2.29. The minimum absolute atomic E-state index is 0. The van der Waals surface area contributed by atoms with Crippen LogP contribution in [0.2, 0.25) is 0 Å². The van der Waals surface area contributed by atoms with E-state index in [1.807, 2.05) is 13.1 Å². The van der Waals surface area contributed by atoms with Gasteiger partial charge in [-0.3, -0.25) is 9.98 Å². The Labute approximate surface area is 192 Å². The first-order valence-electron chi connectivity index (χ1n) is 10.9. The number of ether oxygens (including phenoxy) is 2. The summed E-state index contributed by atoms with van der Waals surface area (Å²) in [4.78, 5) is 11.6. The van der Waals surface area contributed by atoms with Gasteiger partial charge in [-0.15, -0.1) is 24.0 Å². The Morgan fingerprint density at radius 1 is 1.28 bits per heavy atom. The third-order valence-corrected chi connectivity index (χ3v) is 5.50. The van der Waals surface area contributed by atoms with Crippen LogP contribution in [0.4, 0.5) is 0 Å². The van der Waals surface area contributed by atoms with Crippen molar-refractivity contribution in [3.05, 3.63) is 29.6 Å². The number of aryl methyl sites for hydroxylation is 1. The predicted molar refractivity (Wildman–Crippen MR) is 128 cm³/mol. The zero-order valence-corrected chi connectivity index (χ0v) is 20.3. The predicted octanol–water partition coefficient (Wildman–Crippen LogP) is 3.57. The van der Waals surface area contributed by atoms with Crippen molar-refractivity contribution in [3.8, 4) is 0 Å². The summed E-state index contributed by atoms with van der Waals surface area (Å²) in [6, 6.07) is 4.21. The second kappa shape index (κ2) is 13.4. The maximum absolute atomic E-state index is 6.14. The van der Waals surface area contributed by atoms with Crippen LogP contribution < -0.4 is 5.32 Å². The average molecular weight is 516 g/mol. The monoisotopic (exact) mass is 516 g/mol. The highest BCUT2D eigenvalue weighted by Crippen LogP contribution is 2.18. The number of hydrogen-bond acceptors (Lipinski definition) is 4. The van der Waals surface area contributed by atoms with Gasteiger partial charge in [-0.05, 0) is 64.0 Å².